The van der Waals surface area contributed by atoms with Crippen LogP contribution in [0.3, 0.4) is 0 Å². The summed E-state index contributed by atoms with van der Waals surface area (Å²) in [6.45, 7) is 0.217. The lowest BCUT2D eigenvalue weighted by atomic mass is 9.98. The van der Waals surface area contributed by atoms with E-state index in [2.05, 4.69) is 5.32 Å². The molecule has 2 aromatic rings. The first-order valence-corrected chi connectivity index (χ1v) is 7.54. The fourth-order valence-electron chi connectivity index (χ4n) is 2.77. The van der Waals surface area contributed by atoms with Crippen molar-refractivity contribution in [2.45, 2.75) is 18.4 Å². The third kappa shape index (κ3) is 3.37. The summed E-state index contributed by atoms with van der Waals surface area (Å²) in [6.07, 6.45) is -0.285. The van der Waals surface area contributed by atoms with Gasteiger partial charge in [-0.3, -0.25) is 9.59 Å². The molecule has 2 unspecified atom stereocenters. The Morgan fingerprint density at radius 2 is 1.92 bits per heavy atom. The third-order valence-corrected chi connectivity index (χ3v) is 3.98. The zero-order valence-corrected chi connectivity index (χ0v) is 12.7. The second kappa shape index (κ2) is 6.70. The van der Waals surface area contributed by atoms with Crippen LogP contribution in [0.1, 0.15) is 29.5 Å². The molecule has 2 atom stereocenters. The maximum Gasteiger partial charge on any atom is 0.305 e. The lowest BCUT2D eigenvalue weighted by Gasteiger charge is -2.19. The number of ether oxygens (including phenoxy) is 1. The van der Waals surface area contributed by atoms with E-state index < -0.39 is 23.7 Å². The number of carbonyl (C=O) groups excluding carboxylic acids is 1. The summed E-state index contributed by atoms with van der Waals surface area (Å²) in [5, 5.41) is 11.8. The molecule has 5 nitrogen and oxygen atoms in total. The van der Waals surface area contributed by atoms with E-state index in [9.17, 15) is 14.0 Å². The van der Waals surface area contributed by atoms with Crippen LogP contribution in [-0.2, 0) is 9.59 Å². The van der Waals surface area contributed by atoms with Crippen molar-refractivity contribution < 1.29 is 23.8 Å². The van der Waals surface area contributed by atoms with Crippen molar-refractivity contribution in [3.8, 4) is 5.75 Å². The van der Waals surface area contributed by atoms with Gasteiger partial charge in [0.2, 0.25) is 5.91 Å². The van der Waals surface area contributed by atoms with Crippen LogP contribution in [-0.4, -0.2) is 23.6 Å². The number of amides is 1. The van der Waals surface area contributed by atoms with Gasteiger partial charge in [0.05, 0.1) is 12.5 Å². The molecule has 2 aromatic carbocycles. The molecule has 1 aliphatic heterocycles. The zero-order valence-electron chi connectivity index (χ0n) is 12.7. The van der Waals surface area contributed by atoms with Crippen molar-refractivity contribution in [1.29, 1.82) is 0 Å². The van der Waals surface area contributed by atoms with Gasteiger partial charge >= 0.3 is 5.97 Å². The van der Waals surface area contributed by atoms with Crippen LogP contribution >= 0.6 is 0 Å². The standard InChI is InChI=1S/C18H16FNO4/c19-12-7-5-11(6-8-12)15(9-17(21)22)20-18(23)14-10-24-16-4-2-1-3-13(14)16/h1-8,14-15H,9-10H2,(H,20,23)(H,21,22). The Hall–Kier alpha value is -2.89. The molecule has 0 spiro atoms. The van der Waals surface area contributed by atoms with Gasteiger partial charge in [0, 0.05) is 5.56 Å². The van der Waals surface area contributed by atoms with Crippen molar-refractivity contribution in [1.82, 2.24) is 5.32 Å². The number of aliphatic carboxylic acids is 1. The zero-order chi connectivity index (χ0) is 17.1. The topological polar surface area (TPSA) is 75.6 Å². The highest BCUT2D eigenvalue weighted by molar-refractivity contribution is 5.86. The highest BCUT2D eigenvalue weighted by Crippen LogP contribution is 2.34. The smallest absolute Gasteiger partial charge is 0.305 e. The normalized spacial score (nSPS) is 16.8. The molecule has 0 saturated carbocycles. The molecule has 0 bridgehead atoms. The fraction of sp³-hybridized carbons (Fsp3) is 0.222. The van der Waals surface area contributed by atoms with Gasteiger partial charge < -0.3 is 15.2 Å². The van der Waals surface area contributed by atoms with Gasteiger partial charge in [-0.25, -0.2) is 4.39 Å². The highest BCUT2D eigenvalue weighted by atomic mass is 19.1. The van der Waals surface area contributed by atoms with Crippen molar-refractivity contribution in [2.75, 3.05) is 6.61 Å². The average Bonchev–Trinajstić information content (AvgIpc) is 2.98. The Morgan fingerprint density at radius 3 is 2.62 bits per heavy atom. The molecule has 1 heterocycles. The Morgan fingerprint density at radius 1 is 1.21 bits per heavy atom. The van der Waals surface area contributed by atoms with Gasteiger partial charge in [0.15, 0.2) is 0 Å². The lowest BCUT2D eigenvalue weighted by molar-refractivity contribution is -0.137. The number of fused-ring (bicyclic) bond motifs is 1. The van der Waals surface area contributed by atoms with E-state index in [-0.39, 0.29) is 18.9 Å². The fourth-order valence-corrected chi connectivity index (χ4v) is 2.77. The van der Waals surface area contributed by atoms with Crippen molar-refractivity contribution >= 4 is 11.9 Å². The molecular formula is C18H16FNO4. The Labute approximate surface area is 138 Å². The highest BCUT2D eigenvalue weighted by Gasteiger charge is 2.31. The van der Waals surface area contributed by atoms with Gasteiger partial charge in [-0.15, -0.1) is 0 Å². The molecule has 24 heavy (non-hydrogen) atoms. The molecule has 6 heteroatoms. The molecule has 0 saturated heterocycles. The molecule has 2 N–H and O–H groups in total. The van der Waals surface area contributed by atoms with E-state index >= 15 is 0 Å². The number of carbonyl (C=O) groups is 2. The number of benzene rings is 2. The quantitative estimate of drug-likeness (QED) is 0.884. The molecule has 0 fully saturated rings. The van der Waals surface area contributed by atoms with Gasteiger partial charge in [-0.1, -0.05) is 30.3 Å². The average molecular weight is 329 g/mol. The van der Waals surface area contributed by atoms with E-state index in [0.717, 1.165) is 5.56 Å². The first-order valence-electron chi connectivity index (χ1n) is 7.54. The second-order valence-corrected chi connectivity index (χ2v) is 5.61. The first-order chi connectivity index (χ1) is 11.5. The van der Waals surface area contributed by atoms with Crippen LogP contribution in [0.4, 0.5) is 4.39 Å². The SMILES string of the molecule is O=C(O)CC(NC(=O)C1COc2ccccc21)c1ccc(F)cc1. The van der Waals surface area contributed by atoms with Crippen LogP contribution in [0.5, 0.6) is 5.75 Å². The minimum absolute atomic E-state index is 0.217. The van der Waals surface area contributed by atoms with Gasteiger partial charge in [0.1, 0.15) is 24.1 Å². The second-order valence-electron chi connectivity index (χ2n) is 5.61. The van der Waals surface area contributed by atoms with Gasteiger partial charge in [0.25, 0.3) is 0 Å². The predicted molar refractivity (Wildman–Crippen MR) is 84.2 cm³/mol. The van der Waals surface area contributed by atoms with Crippen LogP contribution in [0.2, 0.25) is 0 Å². The molecule has 0 radical (unpaired) electrons. The molecule has 124 valence electrons. The summed E-state index contributed by atoms with van der Waals surface area (Å²) in [4.78, 5) is 23.7. The number of halogens is 1. The van der Waals surface area contributed by atoms with E-state index in [0.29, 0.717) is 11.3 Å². The van der Waals surface area contributed by atoms with Gasteiger partial charge in [-0.05, 0) is 23.8 Å². The molecule has 0 aliphatic carbocycles. The van der Waals surface area contributed by atoms with Crippen LogP contribution in [0.15, 0.2) is 48.5 Å². The number of para-hydroxylation sites is 1. The van der Waals surface area contributed by atoms with Crippen LogP contribution in [0.25, 0.3) is 0 Å². The molecule has 3 rings (SSSR count). The maximum atomic E-state index is 13.1. The number of hydrogen-bond donors (Lipinski definition) is 2. The lowest BCUT2D eigenvalue weighted by Crippen LogP contribution is -2.34. The number of rotatable bonds is 5. The van der Waals surface area contributed by atoms with Crippen LogP contribution < -0.4 is 10.1 Å². The summed E-state index contributed by atoms with van der Waals surface area (Å²) in [5.41, 5.74) is 1.32. The van der Waals surface area contributed by atoms with E-state index in [1.807, 2.05) is 18.2 Å². The molecular weight excluding hydrogens is 313 g/mol. The number of carboxylic acids is 1. The van der Waals surface area contributed by atoms with E-state index in [1.54, 1.807) is 6.07 Å². The Kier molecular flexibility index (Phi) is 4.46. The van der Waals surface area contributed by atoms with Crippen LogP contribution in [0, 0.1) is 5.82 Å². The monoisotopic (exact) mass is 329 g/mol. The predicted octanol–water partition coefficient (Wildman–Crippen LogP) is 2.63. The number of carboxylic acid groups (broad SMARTS) is 1. The summed E-state index contributed by atoms with van der Waals surface area (Å²) >= 11 is 0. The number of nitrogens with one attached hydrogen (secondary N) is 1. The molecule has 1 aliphatic rings. The summed E-state index contributed by atoms with van der Waals surface area (Å²) in [5.74, 6) is -1.60. The first kappa shape index (κ1) is 16.0. The summed E-state index contributed by atoms with van der Waals surface area (Å²) in [7, 11) is 0. The van der Waals surface area contributed by atoms with Crippen molar-refractivity contribution in [3.63, 3.8) is 0 Å². The molecule has 0 aromatic heterocycles. The Balaban J connectivity index is 1.79. The summed E-state index contributed by atoms with van der Waals surface area (Å²) < 4.78 is 18.6. The van der Waals surface area contributed by atoms with E-state index in [4.69, 9.17) is 9.84 Å². The van der Waals surface area contributed by atoms with Crippen molar-refractivity contribution in [3.05, 3.63) is 65.5 Å². The number of hydrogen-bond acceptors (Lipinski definition) is 3. The van der Waals surface area contributed by atoms with E-state index in [1.165, 1.54) is 24.3 Å². The summed E-state index contributed by atoms with van der Waals surface area (Å²) in [6, 6.07) is 11.9. The Bertz CT molecular complexity index is 760. The van der Waals surface area contributed by atoms with Crippen molar-refractivity contribution in [2.24, 2.45) is 0 Å². The minimum atomic E-state index is -1.05. The largest absolute Gasteiger partial charge is 0.492 e. The third-order valence-electron chi connectivity index (χ3n) is 3.98. The van der Waals surface area contributed by atoms with Gasteiger partial charge in [-0.2, -0.15) is 0 Å². The maximum absolute atomic E-state index is 13.1. The molecule has 1 amide bonds. The minimum Gasteiger partial charge on any atom is -0.492 e.